The van der Waals surface area contributed by atoms with Crippen molar-refractivity contribution < 1.29 is 28.5 Å². The van der Waals surface area contributed by atoms with Gasteiger partial charge >= 0.3 is 5.97 Å². The summed E-state index contributed by atoms with van der Waals surface area (Å²) in [6.07, 6.45) is 3.04. The van der Waals surface area contributed by atoms with Crippen molar-refractivity contribution >= 4 is 5.97 Å². The van der Waals surface area contributed by atoms with Crippen molar-refractivity contribution in [3.63, 3.8) is 0 Å². The molecular formula is C31H38O6. The number of unbranched alkanes of at least 4 members (excludes halogenated alkanes) is 1. The van der Waals surface area contributed by atoms with Crippen LogP contribution in [-0.2, 0) is 20.8 Å². The van der Waals surface area contributed by atoms with Crippen molar-refractivity contribution in [1.82, 2.24) is 0 Å². The number of hydrogen-bond donors (Lipinski definition) is 0. The second-order valence-corrected chi connectivity index (χ2v) is 8.60. The second kappa shape index (κ2) is 16.4. The highest BCUT2D eigenvalue weighted by atomic mass is 16.5. The fraction of sp³-hybridized carbons (Fsp3) is 0.387. The molecule has 0 unspecified atom stereocenters. The largest absolute Gasteiger partial charge is 0.491 e. The van der Waals surface area contributed by atoms with E-state index in [9.17, 15) is 4.79 Å². The maximum atomic E-state index is 11.9. The topological polar surface area (TPSA) is 63.2 Å². The molecule has 0 saturated carbocycles. The average molecular weight is 507 g/mol. The molecule has 0 aliphatic carbocycles. The Morgan fingerprint density at radius 1 is 0.595 bits per heavy atom. The van der Waals surface area contributed by atoms with Gasteiger partial charge in [-0.1, -0.05) is 56.7 Å². The van der Waals surface area contributed by atoms with Crippen LogP contribution >= 0.6 is 0 Å². The number of hydrogen-bond acceptors (Lipinski definition) is 6. The van der Waals surface area contributed by atoms with E-state index in [1.54, 1.807) is 12.1 Å². The molecule has 0 spiro atoms. The molecule has 0 aromatic heterocycles. The van der Waals surface area contributed by atoms with Crippen molar-refractivity contribution in [2.75, 3.05) is 39.6 Å². The van der Waals surface area contributed by atoms with E-state index in [-0.39, 0.29) is 5.97 Å². The average Bonchev–Trinajstić information content (AvgIpc) is 2.95. The summed E-state index contributed by atoms with van der Waals surface area (Å²) >= 11 is 0. The number of benzene rings is 3. The Balaban J connectivity index is 1.38. The molecule has 3 rings (SSSR count). The summed E-state index contributed by atoms with van der Waals surface area (Å²) in [6, 6.07) is 23.3. The van der Waals surface area contributed by atoms with Gasteiger partial charge in [0.05, 0.1) is 32.0 Å². The lowest BCUT2D eigenvalue weighted by atomic mass is 10.1. The zero-order valence-corrected chi connectivity index (χ0v) is 21.9. The first-order chi connectivity index (χ1) is 18.2. The Hall–Kier alpha value is -3.35. The lowest BCUT2D eigenvalue weighted by Crippen LogP contribution is -2.11. The van der Waals surface area contributed by atoms with Gasteiger partial charge in [-0.05, 0) is 65.9 Å². The minimum atomic E-state index is -0.294. The molecule has 0 radical (unpaired) electrons. The summed E-state index contributed by atoms with van der Waals surface area (Å²) in [6.45, 7) is 8.03. The maximum absolute atomic E-state index is 11.9. The normalized spacial score (nSPS) is 10.8. The lowest BCUT2D eigenvalue weighted by molar-refractivity contribution is 0.0356. The van der Waals surface area contributed by atoms with E-state index in [0.717, 1.165) is 54.1 Å². The van der Waals surface area contributed by atoms with Crippen molar-refractivity contribution in [1.29, 1.82) is 0 Å². The molecule has 0 amide bonds. The molecule has 0 aliphatic rings. The summed E-state index contributed by atoms with van der Waals surface area (Å²) in [5.41, 5.74) is 3.73. The summed E-state index contributed by atoms with van der Waals surface area (Å²) < 4.78 is 27.8. The Bertz CT molecular complexity index is 1030. The first-order valence-corrected chi connectivity index (χ1v) is 13.1. The van der Waals surface area contributed by atoms with E-state index >= 15 is 0 Å². The number of carbonyl (C=O) groups excluding carboxylic acids is 1. The van der Waals surface area contributed by atoms with E-state index in [1.807, 2.05) is 67.6 Å². The molecule has 0 saturated heterocycles. The fourth-order valence-corrected chi connectivity index (χ4v) is 3.46. The second-order valence-electron chi connectivity index (χ2n) is 8.60. The molecule has 3 aromatic carbocycles. The summed E-state index contributed by atoms with van der Waals surface area (Å²) in [4.78, 5) is 11.9. The molecule has 6 nitrogen and oxygen atoms in total. The van der Waals surface area contributed by atoms with Crippen LogP contribution in [0, 0.1) is 0 Å². The first-order valence-electron chi connectivity index (χ1n) is 13.1. The third-order valence-electron chi connectivity index (χ3n) is 5.59. The van der Waals surface area contributed by atoms with Gasteiger partial charge in [0.2, 0.25) is 0 Å². The number of rotatable bonds is 17. The van der Waals surface area contributed by atoms with Crippen molar-refractivity contribution in [3.05, 3.63) is 83.9 Å². The molecule has 6 heteroatoms. The Morgan fingerprint density at radius 2 is 1.16 bits per heavy atom. The van der Waals surface area contributed by atoms with Gasteiger partial charge in [0.15, 0.2) is 0 Å². The zero-order chi connectivity index (χ0) is 26.1. The third-order valence-corrected chi connectivity index (χ3v) is 5.59. The van der Waals surface area contributed by atoms with Crippen molar-refractivity contribution in [3.8, 4) is 22.6 Å². The predicted molar refractivity (Wildman–Crippen MR) is 145 cm³/mol. The lowest BCUT2D eigenvalue weighted by Gasteiger charge is -2.10. The van der Waals surface area contributed by atoms with E-state index in [1.165, 1.54) is 0 Å². The summed E-state index contributed by atoms with van der Waals surface area (Å²) in [5, 5.41) is 0. The standard InChI is InChI=1S/C31H38O6/c1-3-5-19-33-20-21-34-22-23-35-29-14-10-26(11-15-29)27-12-16-30(17-13-27)37-24-25-6-8-28(9-7-25)31(32)36-18-4-2/h6-17H,3-5,18-24H2,1-2H3. The molecular weight excluding hydrogens is 468 g/mol. The maximum Gasteiger partial charge on any atom is 0.338 e. The third kappa shape index (κ3) is 10.3. The SMILES string of the molecule is CCCCOCCOCCOc1ccc(-c2ccc(OCc3ccc(C(=O)OCCC)cc3)cc2)cc1. The van der Waals surface area contributed by atoms with Gasteiger partial charge in [0.25, 0.3) is 0 Å². The quantitative estimate of drug-likeness (QED) is 0.150. The van der Waals surface area contributed by atoms with Crippen LogP contribution in [0.2, 0.25) is 0 Å². The Labute approximate surface area is 220 Å². The predicted octanol–water partition coefficient (Wildman–Crippen LogP) is 6.71. The fourth-order valence-electron chi connectivity index (χ4n) is 3.46. The summed E-state index contributed by atoms with van der Waals surface area (Å²) in [5.74, 6) is 1.31. The van der Waals surface area contributed by atoms with Crippen LogP contribution in [0.25, 0.3) is 11.1 Å². The molecule has 0 N–H and O–H groups in total. The van der Waals surface area contributed by atoms with Gasteiger partial charge < -0.3 is 23.7 Å². The highest BCUT2D eigenvalue weighted by molar-refractivity contribution is 5.89. The van der Waals surface area contributed by atoms with Crippen molar-refractivity contribution in [2.45, 2.75) is 39.7 Å². The molecule has 0 fully saturated rings. The molecule has 0 aliphatic heterocycles. The molecule has 3 aromatic rings. The van der Waals surface area contributed by atoms with Gasteiger partial charge in [0.1, 0.15) is 24.7 Å². The van der Waals surface area contributed by atoms with Crippen molar-refractivity contribution in [2.24, 2.45) is 0 Å². The highest BCUT2D eigenvalue weighted by Crippen LogP contribution is 2.25. The molecule has 0 bridgehead atoms. The van der Waals surface area contributed by atoms with Crippen LogP contribution in [0.5, 0.6) is 11.5 Å². The van der Waals surface area contributed by atoms with E-state index < -0.39 is 0 Å². The smallest absolute Gasteiger partial charge is 0.338 e. The van der Waals surface area contributed by atoms with Crippen LogP contribution in [0.1, 0.15) is 49.0 Å². The van der Waals surface area contributed by atoms with Gasteiger partial charge in [0, 0.05) is 6.61 Å². The number of esters is 1. The van der Waals surface area contributed by atoms with Gasteiger partial charge in [-0.15, -0.1) is 0 Å². The van der Waals surface area contributed by atoms with Gasteiger partial charge in [-0.3, -0.25) is 0 Å². The molecule has 0 heterocycles. The molecule has 0 atom stereocenters. The van der Waals surface area contributed by atoms with E-state index in [4.69, 9.17) is 23.7 Å². The molecule has 37 heavy (non-hydrogen) atoms. The molecule has 198 valence electrons. The summed E-state index contributed by atoms with van der Waals surface area (Å²) in [7, 11) is 0. The van der Waals surface area contributed by atoms with Crippen LogP contribution in [-0.4, -0.2) is 45.6 Å². The number of ether oxygens (including phenoxy) is 5. The first kappa shape index (κ1) is 28.2. The Kier molecular flexibility index (Phi) is 12.5. The van der Waals surface area contributed by atoms with E-state index in [0.29, 0.717) is 45.2 Å². The van der Waals surface area contributed by atoms with Crippen LogP contribution in [0.15, 0.2) is 72.8 Å². The van der Waals surface area contributed by atoms with Gasteiger partial charge in [-0.25, -0.2) is 4.79 Å². The van der Waals surface area contributed by atoms with Gasteiger partial charge in [-0.2, -0.15) is 0 Å². The van der Waals surface area contributed by atoms with Crippen LogP contribution < -0.4 is 9.47 Å². The number of carbonyl (C=O) groups is 1. The van der Waals surface area contributed by atoms with E-state index in [2.05, 4.69) is 6.92 Å². The highest BCUT2D eigenvalue weighted by Gasteiger charge is 2.07. The van der Waals surface area contributed by atoms with Crippen LogP contribution in [0.4, 0.5) is 0 Å². The monoisotopic (exact) mass is 506 g/mol. The minimum Gasteiger partial charge on any atom is -0.491 e. The Morgan fingerprint density at radius 3 is 1.76 bits per heavy atom. The minimum absolute atomic E-state index is 0.294. The van der Waals surface area contributed by atoms with Crippen LogP contribution in [0.3, 0.4) is 0 Å². The zero-order valence-electron chi connectivity index (χ0n) is 21.9.